The van der Waals surface area contributed by atoms with E-state index in [1.54, 1.807) is 17.9 Å². The SMILES string of the molecule is CCNS(=O)(=O)C1CCN(Cc2ccccc2C(F)(F)F)C1. The summed E-state index contributed by atoms with van der Waals surface area (Å²) < 4.78 is 65.2. The van der Waals surface area contributed by atoms with Gasteiger partial charge in [-0.25, -0.2) is 13.1 Å². The first-order valence-electron chi connectivity index (χ1n) is 7.10. The van der Waals surface area contributed by atoms with Gasteiger partial charge in [0.25, 0.3) is 0 Å². The summed E-state index contributed by atoms with van der Waals surface area (Å²) in [6.45, 7) is 2.84. The Kier molecular flexibility index (Phi) is 5.14. The molecule has 1 aliphatic rings. The minimum absolute atomic E-state index is 0.105. The van der Waals surface area contributed by atoms with E-state index < -0.39 is 27.0 Å². The van der Waals surface area contributed by atoms with Crippen molar-refractivity contribution in [3.05, 3.63) is 35.4 Å². The van der Waals surface area contributed by atoms with Gasteiger partial charge in [0.15, 0.2) is 0 Å². The minimum Gasteiger partial charge on any atom is -0.298 e. The van der Waals surface area contributed by atoms with Gasteiger partial charge in [0, 0.05) is 19.6 Å². The van der Waals surface area contributed by atoms with E-state index >= 15 is 0 Å². The van der Waals surface area contributed by atoms with Crippen LogP contribution in [0.2, 0.25) is 0 Å². The Bertz CT molecular complexity index is 617. The number of benzene rings is 1. The van der Waals surface area contributed by atoms with E-state index in [-0.39, 0.29) is 18.7 Å². The molecule has 0 amide bonds. The Balaban J connectivity index is 2.08. The van der Waals surface area contributed by atoms with Gasteiger partial charge in [-0.3, -0.25) is 4.90 Å². The van der Waals surface area contributed by atoms with Gasteiger partial charge < -0.3 is 0 Å². The molecular weight excluding hydrogens is 317 g/mol. The van der Waals surface area contributed by atoms with E-state index in [0.29, 0.717) is 19.5 Å². The molecule has 1 heterocycles. The number of nitrogens with zero attached hydrogens (tertiary/aromatic N) is 1. The van der Waals surface area contributed by atoms with Crippen molar-refractivity contribution in [3.8, 4) is 0 Å². The summed E-state index contributed by atoms with van der Waals surface area (Å²) >= 11 is 0. The van der Waals surface area contributed by atoms with Crippen molar-refractivity contribution in [2.75, 3.05) is 19.6 Å². The molecule has 1 aliphatic heterocycles. The molecule has 1 N–H and O–H groups in total. The Morgan fingerprint density at radius 2 is 2.00 bits per heavy atom. The summed E-state index contributed by atoms with van der Waals surface area (Å²) in [6, 6.07) is 5.41. The van der Waals surface area contributed by atoms with E-state index in [4.69, 9.17) is 0 Å². The molecule has 1 fully saturated rings. The van der Waals surface area contributed by atoms with Crippen molar-refractivity contribution in [1.82, 2.24) is 9.62 Å². The molecule has 0 aromatic heterocycles. The lowest BCUT2D eigenvalue weighted by Crippen LogP contribution is -2.36. The van der Waals surface area contributed by atoms with Crippen molar-refractivity contribution in [1.29, 1.82) is 0 Å². The molecule has 124 valence electrons. The lowest BCUT2D eigenvalue weighted by atomic mass is 10.1. The van der Waals surface area contributed by atoms with Crippen LogP contribution in [0.4, 0.5) is 13.2 Å². The highest BCUT2D eigenvalue weighted by atomic mass is 32.2. The summed E-state index contributed by atoms with van der Waals surface area (Å²) in [5.74, 6) is 0. The fourth-order valence-electron chi connectivity index (χ4n) is 2.69. The summed E-state index contributed by atoms with van der Waals surface area (Å²) in [5, 5.41) is -0.564. The lowest BCUT2D eigenvalue weighted by molar-refractivity contribution is -0.138. The van der Waals surface area contributed by atoms with Gasteiger partial charge in [-0.15, -0.1) is 0 Å². The lowest BCUT2D eigenvalue weighted by Gasteiger charge is -2.19. The van der Waals surface area contributed by atoms with E-state index in [1.165, 1.54) is 12.1 Å². The zero-order valence-corrected chi connectivity index (χ0v) is 13.0. The summed E-state index contributed by atoms with van der Waals surface area (Å²) in [5.41, 5.74) is -0.482. The zero-order valence-electron chi connectivity index (χ0n) is 12.2. The fourth-order valence-corrected chi connectivity index (χ4v) is 4.15. The van der Waals surface area contributed by atoms with E-state index in [1.807, 2.05) is 0 Å². The van der Waals surface area contributed by atoms with Crippen LogP contribution >= 0.6 is 0 Å². The number of halogens is 3. The average Bonchev–Trinajstić information content (AvgIpc) is 2.87. The van der Waals surface area contributed by atoms with Crippen molar-refractivity contribution >= 4 is 10.0 Å². The van der Waals surface area contributed by atoms with E-state index in [0.717, 1.165) is 6.07 Å². The summed E-state index contributed by atoms with van der Waals surface area (Å²) in [7, 11) is -3.39. The molecule has 8 heteroatoms. The monoisotopic (exact) mass is 336 g/mol. The molecule has 1 aromatic carbocycles. The van der Waals surface area contributed by atoms with Gasteiger partial charge in [-0.2, -0.15) is 13.2 Å². The van der Waals surface area contributed by atoms with Crippen LogP contribution in [-0.2, 0) is 22.7 Å². The van der Waals surface area contributed by atoms with Gasteiger partial charge >= 0.3 is 6.18 Å². The maximum atomic E-state index is 13.0. The predicted molar refractivity (Wildman–Crippen MR) is 77.7 cm³/mol. The number of likely N-dealkylation sites (tertiary alicyclic amines) is 1. The fraction of sp³-hybridized carbons (Fsp3) is 0.571. The summed E-state index contributed by atoms with van der Waals surface area (Å²) in [6.07, 6.45) is -3.96. The van der Waals surface area contributed by atoms with Gasteiger partial charge in [0.2, 0.25) is 10.0 Å². The van der Waals surface area contributed by atoms with Gasteiger partial charge in [0.1, 0.15) is 0 Å². The standard InChI is InChI=1S/C14H19F3N2O2S/c1-2-18-22(20,21)12-7-8-19(10-12)9-11-5-3-4-6-13(11)14(15,16)17/h3-6,12,18H,2,7-10H2,1H3. The normalized spacial score (nSPS) is 20.5. The highest BCUT2D eigenvalue weighted by Gasteiger charge is 2.36. The number of sulfonamides is 1. The molecule has 1 saturated heterocycles. The molecule has 1 atom stereocenters. The minimum atomic E-state index is -4.40. The maximum absolute atomic E-state index is 13.0. The van der Waals surface area contributed by atoms with Crippen LogP contribution in [0.5, 0.6) is 0 Å². The predicted octanol–water partition coefficient (Wildman–Crippen LogP) is 2.22. The second-order valence-corrected chi connectivity index (χ2v) is 7.39. The molecule has 4 nitrogen and oxygen atoms in total. The van der Waals surface area contributed by atoms with Crippen molar-refractivity contribution in [2.45, 2.75) is 31.3 Å². The molecule has 0 spiro atoms. The second kappa shape index (κ2) is 6.55. The van der Waals surface area contributed by atoms with Crippen molar-refractivity contribution < 1.29 is 21.6 Å². The molecule has 0 aliphatic carbocycles. The molecule has 0 saturated carbocycles. The van der Waals surface area contributed by atoms with Crippen LogP contribution in [-0.4, -0.2) is 38.2 Å². The Labute approximate surface area is 128 Å². The first-order chi connectivity index (χ1) is 10.2. The molecule has 0 radical (unpaired) electrons. The largest absolute Gasteiger partial charge is 0.416 e. The van der Waals surface area contributed by atoms with Crippen LogP contribution in [0, 0.1) is 0 Å². The van der Waals surface area contributed by atoms with Gasteiger partial charge in [-0.05, 0) is 24.6 Å². The third-order valence-electron chi connectivity index (χ3n) is 3.73. The first kappa shape index (κ1) is 17.2. The number of alkyl halides is 3. The average molecular weight is 336 g/mol. The van der Waals surface area contributed by atoms with Crippen molar-refractivity contribution in [2.24, 2.45) is 0 Å². The highest BCUT2D eigenvalue weighted by Crippen LogP contribution is 2.33. The van der Waals surface area contributed by atoms with Gasteiger partial charge in [-0.1, -0.05) is 25.1 Å². The van der Waals surface area contributed by atoms with E-state index in [2.05, 4.69) is 4.72 Å². The topological polar surface area (TPSA) is 49.4 Å². The second-order valence-electron chi connectivity index (χ2n) is 5.34. The number of hydrogen-bond acceptors (Lipinski definition) is 3. The molecule has 1 aromatic rings. The maximum Gasteiger partial charge on any atom is 0.416 e. The molecule has 22 heavy (non-hydrogen) atoms. The van der Waals surface area contributed by atoms with Crippen molar-refractivity contribution in [3.63, 3.8) is 0 Å². The van der Waals surface area contributed by atoms with E-state index in [9.17, 15) is 21.6 Å². The van der Waals surface area contributed by atoms with Crippen LogP contribution in [0.3, 0.4) is 0 Å². The van der Waals surface area contributed by atoms with Crippen LogP contribution in [0.15, 0.2) is 24.3 Å². The smallest absolute Gasteiger partial charge is 0.298 e. The third-order valence-corrected chi connectivity index (χ3v) is 5.68. The van der Waals surface area contributed by atoms with Crippen LogP contribution < -0.4 is 4.72 Å². The molecule has 0 bridgehead atoms. The highest BCUT2D eigenvalue weighted by molar-refractivity contribution is 7.90. The van der Waals surface area contributed by atoms with Crippen LogP contribution in [0.25, 0.3) is 0 Å². The number of hydrogen-bond donors (Lipinski definition) is 1. The number of rotatable bonds is 5. The number of nitrogens with one attached hydrogen (secondary N) is 1. The third kappa shape index (κ3) is 3.99. The summed E-state index contributed by atoms with van der Waals surface area (Å²) in [4.78, 5) is 1.75. The Hall–Kier alpha value is -1.12. The Morgan fingerprint density at radius 3 is 2.64 bits per heavy atom. The zero-order chi connectivity index (χ0) is 16.4. The molecular formula is C14H19F3N2O2S. The first-order valence-corrected chi connectivity index (χ1v) is 8.64. The molecule has 1 unspecified atom stereocenters. The van der Waals surface area contributed by atoms with Gasteiger partial charge in [0.05, 0.1) is 10.8 Å². The van der Waals surface area contributed by atoms with Crippen LogP contribution in [0.1, 0.15) is 24.5 Å². The molecule has 2 rings (SSSR count). The quantitative estimate of drug-likeness (QED) is 0.897. The Morgan fingerprint density at radius 1 is 1.32 bits per heavy atom.